The normalized spacial score (nSPS) is 10.7. The Kier molecular flexibility index (Phi) is 6.48. The quantitative estimate of drug-likeness (QED) is 0.620. The number of ether oxygens (including phenoxy) is 1. The summed E-state index contributed by atoms with van der Waals surface area (Å²) >= 11 is 4.16. The van der Waals surface area contributed by atoms with Crippen molar-refractivity contribution in [3.05, 3.63) is 41.5 Å². The van der Waals surface area contributed by atoms with Crippen molar-refractivity contribution in [3.8, 4) is 0 Å². The predicted molar refractivity (Wildman–Crippen MR) is 74.3 cm³/mol. The molecule has 0 N–H and O–H groups in total. The molecule has 0 saturated carbocycles. The second kappa shape index (κ2) is 7.96. The molecule has 0 spiro atoms. The molecule has 1 aromatic rings. The summed E-state index contributed by atoms with van der Waals surface area (Å²) in [5.41, 5.74) is 2.34. The van der Waals surface area contributed by atoms with Crippen molar-refractivity contribution in [1.82, 2.24) is 0 Å². The molecule has 1 aromatic carbocycles. The average Bonchev–Trinajstić information content (AvgIpc) is 2.37. The van der Waals surface area contributed by atoms with Crippen LogP contribution in [0.15, 0.2) is 30.3 Å². The molecule has 2 nitrogen and oxygen atoms in total. The molecular formula is C14H18O2S. The number of hydrogen-bond donors (Lipinski definition) is 1. The van der Waals surface area contributed by atoms with Gasteiger partial charge in [-0.1, -0.05) is 36.4 Å². The number of rotatable bonds is 6. The van der Waals surface area contributed by atoms with Crippen molar-refractivity contribution in [2.24, 2.45) is 0 Å². The van der Waals surface area contributed by atoms with Gasteiger partial charge in [-0.3, -0.25) is 4.79 Å². The lowest BCUT2D eigenvalue weighted by Gasteiger charge is -2.05. The van der Waals surface area contributed by atoms with E-state index in [1.54, 1.807) is 0 Å². The first-order valence-corrected chi connectivity index (χ1v) is 6.33. The second-order valence-corrected chi connectivity index (χ2v) is 4.14. The van der Waals surface area contributed by atoms with Crippen LogP contribution in [0.3, 0.4) is 0 Å². The monoisotopic (exact) mass is 250 g/mol. The number of methoxy groups -OCH3 is 1. The molecule has 0 atom stereocenters. The number of carbonyl (C=O) groups excluding carboxylic acids is 1. The number of aryl methyl sites for hydroxylation is 1. The zero-order valence-electron chi connectivity index (χ0n) is 10.1. The molecule has 0 aliphatic carbocycles. The van der Waals surface area contributed by atoms with Gasteiger partial charge in [0.15, 0.2) is 0 Å². The van der Waals surface area contributed by atoms with Crippen LogP contribution < -0.4 is 0 Å². The summed E-state index contributed by atoms with van der Waals surface area (Å²) in [6.07, 6.45) is 6.28. The third kappa shape index (κ3) is 5.09. The zero-order valence-corrected chi connectivity index (χ0v) is 11.0. The Hall–Kier alpha value is -1.22. The van der Waals surface area contributed by atoms with Crippen LogP contribution in [-0.4, -0.2) is 18.8 Å². The van der Waals surface area contributed by atoms with E-state index in [-0.39, 0.29) is 5.97 Å². The van der Waals surface area contributed by atoms with Gasteiger partial charge in [-0.15, -0.1) is 0 Å². The smallest absolute Gasteiger partial charge is 0.305 e. The first kappa shape index (κ1) is 13.8. The van der Waals surface area contributed by atoms with E-state index < -0.39 is 0 Å². The van der Waals surface area contributed by atoms with Crippen LogP contribution in [0.1, 0.15) is 24.0 Å². The van der Waals surface area contributed by atoms with Gasteiger partial charge in [0.2, 0.25) is 0 Å². The Balaban J connectivity index is 2.67. The molecule has 0 radical (unpaired) electrons. The largest absolute Gasteiger partial charge is 0.469 e. The Morgan fingerprint density at radius 2 is 2.18 bits per heavy atom. The highest BCUT2D eigenvalue weighted by atomic mass is 32.1. The van der Waals surface area contributed by atoms with E-state index in [0.29, 0.717) is 12.8 Å². The van der Waals surface area contributed by atoms with Gasteiger partial charge in [-0.25, -0.2) is 0 Å². The van der Waals surface area contributed by atoms with E-state index in [9.17, 15) is 4.79 Å². The summed E-state index contributed by atoms with van der Waals surface area (Å²) in [5, 5.41) is 0. The fourth-order valence-corrected chi connectivity index (χ4v) is 1.70. The highest BCUT2D eigenvalue weighted by Gasteiger charge is 2.03. The molecular weight excluding hydrogens is 232 g/mol. The van der Waals surface area contributed by atoms with Crippen LogP contribution in [0.25, 0.3) is 6.08 Å². The van der Waals surface area contributed by atoms with E-state index in [1.807, 2.05) is 18.2 Å². The molecule has 0 bridgehead atoms. The van der Waals surface area contributed by atoms with Crippen molar-refractivity contribution < 1.29 is 9.53 Å². The van der Waals surface area contributed by atoms with Crippen molar-refractivity contribution in [1.29, 1.82) is 0 Å². The van der Waals surface area contributed by atoms with Gasteiger partial charge < -0.3 is 4.74 Å². The molecule has 0 saturated heterocycles. The maximum Gasteiger partial charge on any atom is 0.305 e. The maximum absolute atomic E-state index is 11.1. The van der Waals surface area contributed by atoms with Gasteiger partial charge in [0, 0.05) is 6.42 Å². The number of thiol groups is 1. The van der Waals surface area contributed by atoms with Gasteiger partial charge in [0.05, 0.1) is 7.11 Å². The first-order valence-electron chi connectivity index (χ1n) is 5.70. The molecule has 0 amide bonds. The minimum atomic E-state index is -0.167. The molecule has 3 heteroatoms. The Morgan fingerprint density at radius 3 is 2.88 bits per heavy atom. The standard InChI is InChI=1S/C14H18O2S/c1-16-14(15)10-9-13-7-3-2-6-12(13)8-4-5-11-17/h2-4,6-8,17H,5,9-11H2,1H3. The lowest BCUT2D eigenvalue weighted by atomic mass is 10.0. The molecule has 92 valence electrons. The van der Waals surface area contributed by atoms with Crippen LogP contribution in [0, 0.1) is 0 Å². The second-order valence-electron chi connectivity index (χ2n) is 3.69. The van der Waals surface area contributed by atoms with Gasteiger partial charge in [-0.05, 0) is 29.7 Å². The molecule has 1 rings (SSSR count). The molecule has 0 aromatic heterocycles. The summed E-state index contributed by atoms with van der Waals surface area (Å²) in [6.45, 7) is 0. The molecule has 0 fully saturated rings. The van der Waals surface area contributed by atoms with Crippen LogP contribution in [0.2, 0.25) is 0 Å². The summed E-state index contributed by atoms with van der Waals surface area (Å²) in [4.78, 5) is 11.1. The lowest BCUT2D eigenvalue weighted by Crippen LogP contribution is -2.02. The molecule has 17 heavy (non-hydrogen) atoms. The highest BCUT2D eigenvalue weighted by Crippen LogP contribution is 2.13. The predicted octanol–water partition coefficient (Wildman–Crippen LogP) is 3.13. The highest BCUT2D eigenvalue weighted by molar-refractivity contribution is 7.80. The Bertz CT molecular complexity index is 386. The van der Waals surface area contributed by atoms with Crippen molar-refractivity contribution >= 4 is 24.7 Å². The number of esters is 1. The fraction of sp³-hybridized carbons (Fsp3) is 0.357. The van der Waals surface area contributed by atoms with E-state index in [2.05, 4.69) is 35.6 Å². The minimum absolute atomic E-state index is 0.167. The molecule has 0 aliphatic heterocycles. The number of allylic oxidation sites excluding steroid dienone is 1. The van der Waals surface area contributed by atoms with Gasteiger partial charge in [-0.2, -0.15) is 12.6 Å². The summed E-state index contributed by atoms with van der Waals surface area (Å²) in [7, 11) is 1.42. The van der Waals surface area contributed by atoms with Crippen LogP contribution in [-0.2, 0) is 16.0 Å². The number of carbonyl (C=O) groups is 1. The molecule has 0 unspecified atom stereocenters. The number of benzene rings is 1. The zero-order chi connectivity index (χ0) is 12.5. The van der Waals surface area contributed by atoms with E-state index in [0.717, 1.165) is 17.7 Å². The minimum Gasteiger partial charge on any atom is -0.469 e. The first-order chi connectivity index (χ1) is 8.27. The summed E-state index contributed by atoms with van der Waals surface area (Å²) in [6, 6.07) is 8.09. The van der Waals surface area contributed by atoms with Gasteiger partial charge in [0.1, 0.15) is 0 Å². The van der Waals surface area contributed by atoms with Crippen LogP contribution in [0.5, 0.6) is 0 Å². The third-order valence-electron chi connectivity index (χ3n) is 2.47. The topological polar surface area (TPSA) is 26.3 Å². The van der Waals surface area contributed by atoms with Gasteiger partial charge >= 0.3 is 5.97 Å². The van der Waals surface area contributed by atoms with E-state index in [4.69, 9.17) is 0 Å². The van der Waals surface area contributed by atoms with Crippen molar-refractivity contribution in [2.45, 2.75) is 19.3 Å². The Labute approximate surface area is 108 Å². The third-order valence-corrected chi connectivity index (χ3v) is 2.73. The van der Waals surface area contributed by atoms with E-state index in [1.165, 1.54) is 12.7 Å². The van der Waals surface area contributed by atoms with Crippen molar-refractivity contribution in [2.75, 3.05) is 12.9 Å². The molecule has 0 aliphatic rings. The summed E-state index contributed by atoms with van der Waals surface area (Å²) < 4.78 is 4.64. The average molecular weight is 250 g/mol. The fourth-order valence-electron chi connectivity index (χ4n) is 1.55. The van der Waals surface area contributed by atoms with Crippen LogP contribution in [0.4, 0.5) is 0 Å². The molecule has 0 heterocycles. The Morgan fingerprint density at radius 1 is 1.41 bits per heavy atom. The van der Waals surface area contributed by atoms with Crippen LogP contribution >= 0.6 is 12.6 Å². The van der Waals surface area contributed by atoms with Gasteiger partial charge in [0.25, 0.3) is 0 Å². The summed E-state index contributed by atoms with van der Waals surface area (Å²) in [5.74, 6) is 0.681. The lowest BCUT2D eigenvalue weighted by molar-refractivity contribution is -0.140. The van der Waals surface area contributed by atoms with E-state index >= 15 is 0 Å². The van der Waals surface area contributed by atoms with Crippen molar-refractivity contribution in [3.63, 3.8) is 0 Å². The SMILES string of the molecule is COC(=O)CCc1ccccc1C=CCCS. The maximum atomic E-state index is 11.1. The number of hydrogen-bond acceptors (Lipinski definition) is 3.